The Balaban J connectivity index is 2.64. The zero-order valence-corrected chi connectivity index (χ0v) is 8.45. The zero-order valence-electron chi connectivity index (χ0n) is 8.45. The van der Waals surface area contributed by atoms with Crippen LogP contribution in [0.2, 0.25) is 0 Å². The van der Waals surface area contributed by atoms with E-state index in [1.165, 1.54) is 10.5 Å². The molecule has 0 spiro atoms. The number of rotatable bonds is 2. The zero-order chi connectivity index (χ0) is 10.6. The van der Waals surface area contributed by atoms with Crippen LogP contribution in [0.15, 0.2) is 24.3 Å². The normalized spacial score (nSPS) is 9.64. The van der Waals surface area contributed by atoms with E-state index in [2.05, 4.69) is 5.43 Å². The second-order valence-electron chi connectivity index (χ2n) is 3.29. The van der Waals surface area contributed by atoms with Crippen molar-refractivity contribution in [1.82, 2.24) is 10.3 Å². The number of hydrogen-bond donors (Lipinski definition) is 2. The van der Waals surface area contributed by atoms with Crippen LogP contribution < -0.4 is 11.3 Å². The van der Waals surface area contributed by atoms with Crippen molar-refractivity contribution in [2.45, 2.75) is 13.5 Å². The van der Waals surface area contributed by atoms with E-state index in [-0.39, 0.29) is 6.03 Å². The lowest BCUT2D eigenvalue weighted by molar-refractivity contribution is 0.207. The van der Waals surface area contributed by atoms with Gasteiger partial charge < -0.3 is 4.90 Å². The van der Waals surface area contributed by atoms with Gasteiger partial charge in [0.1, 0.15) is 0 Å². The van der Waals surface area contributed by atoms with Crippen molar-refractivity contribution in [3.05, 3.63) is 35.4 Å². The lowest BCUT2D eigenvalue weighted by Gasteiger charge is -2.16. The lowest BCUT2D eigenvalue weighted by atomic mass is 10.1. The van der Waals surface area contributed by atoms with Gasteiger partial charge in [-0.05, 0) is 12.5 Å². The fourth-order valence-electron chi connectivity index (χ4n) is 1.27. The van der Waals surface area contributed by atoms with Crippen molar-refractivity contribution in [3.8, 4) is 0 Å². The standard InChI is InChI=1S/C10H15N3O/c1-8-4-3-5-9(6-8)7-13(2)10(14)12-11/h3-6H,7,11H2,1-2H3,(H,12,14). The van der Waals surface area contributed by atoms with Gasteiger partial charge in [0.2, 0.25) is 0 Å². The number of benzene rings is 1. The largest absolute Gasteiger partial charge is 0.331 e. The van der Waals surface area contributed by atoms with Crippen LogP contribution >= 0.6 is 0 Å². The first-order valence-electron chi connectivity index (χ1n) is 4.40. The molecule has 0 aliphatic carbocycles. The van der Waals surface area contributed by atoms with Gasteiger partial charge in [0.05, 0.1) is 0 Å². The maximum Gasteiger partial charge on any atom is 0.331 e. The quantitative estimate of drug-likeness (QED) is 0.418. The van der Waals surface area contributed by atoms with Crippen LogP contribution in [0, 0.1) is 6.92 Å². The molecule has 76 valence electrons. The average Bonchev–Trinajstić information content (AvgIpc) is 2.16. The summed E-state index contributed by atoms with van der Waals surface area (Å²) in [5, 5.41) is 0. The molecule has 4 nitrogen and oxygen atoms in total. The van der Waals surface area contributed by atoms with Crippen LogP contribution in [0.4, 0.5) is 4.79 Å². The van der Waals surface area contributed by atoms with Gasteiger partial charge in [-0.1, -0.05) is 29.8 Å². The summed E-state index contributed by atoms with van der Waals surface area (Å²) in [6.45, 7) is 2.58. The van der Waals surface area contributed by atoms with Gasteiger partial charge in [-0.25, -0.2) is 10.6 Å². The molecule has 0 saturated heterocycles. The Labute approximate surface area is 83.7 Å². The Morgan fingerprint density at radius 2 is 2.29 bits per heavy atom. The number of nitrogens with zero attached hydrogens (tertiary/aromatic N) is 1. The third kappa shape index (κ3) is 2.74. The third-order valence-corrected chi connectivity index (χ3v) is 1.97. The molecule has 0 aromatic heterocycles. The molecule has 3 N–H and O–H groups in total. The monoisotopic (exact) mass is 193 g/mol. The van der Waals surface area contributed by atoms with E-state index < -0.39 is 0 Å². The highest BCUT2D eigenvalue weighted by molar-refractivity contribution is 5.73. The van der Waals surface area contributed by atoms with Crippen molar-refractivity contribution < 1.29 is 4.79 Å². The number of urea groups is 1. The summed E-state index contributed by atoms with van der Waals surface area (Å²) in [6.07, 6.45) is 0. The molecule has 0 heterocycles. The van der Waals surface area contributed by atoms with Crippen molar-refractivity contribution >= 4 is 6.03 Å². The highest BCUT2D eigenvalue weighted by atomic mass is 16.2. The Morgan fingerprint density at radius 1 is 1.57 bits per heavy atom. The molecular formula is C10H15N3O. The molecule has 0 aliphatic rings. The molecule has 0 unspecified atom stereocenters. The number of carbonyl (C=O) groups is 1. The first kappa shape index (κ1) is 10.5. The van der Waals surface area contributed by atoms with Crippen LogP contribution in [0.3, 0.4) is 0 Å². The van der Waals surface area contributed by atoms with E-state index >= 15 is 0 Å². The van der Waals surface area contributed by atoms with Crippen LogP contribution in [-0.4, -0.2) is 18.0 Å². The first-order valence-corrected chi connectivity index (χ1v) is 4.40. The summed E-state index contributed by atoms with van der Waals surface area (Å²) in [6, 6.07) is 7.73. The van der Waals surface area contributed by atoms with Crippen LogP contribution in [0.1, 0.15) is 11.1 Å². The second-order valence-corrected chi connectivity index (χ2v) is 3.29. The number of carbonyl (C=O) groups excluding carboxylic acids is 1. The summed E-state index contributed by atoms with van der Waals surface area (Å²) in [5.74, 6) is 5.02. The molecule has 0 saturated carbocycles. The molecule has 1 aromatic rings. The van der Waals surface area contributed by atoms with Crippen LogP contribution in [0.5, 0.6) is 0 Å². The highest BCUT2D eigenvalue weighted by Gasteiger charge is 2.06. The van der Waals surface area contributed by atoms with Gasteiger partial charge in [-0.3, -0.25) is 5.43 Å². The Kier molecular flexibility index (Phi) is 3.48. The van der Waals surface area contributed by atoms with Crippen molar-refractivity contribution in [3.63, 3.8) is 0 Å². The predicted octanol–water partition coefficient (Wildman–Crippen LogP) is 1.01. The lowest BCUT2D eigenvalue weighted by Crippen LogP contribution is -2.40. The van der Waals surface area contributed by atoms with Crippen molar-refractivity contribution in [1.29, 1.82) is 0 Å². The smallest absolute Gasteiger partial charge is 0.322 e. The molecule has 14 heavy (non-hydrogen) atoms. The molecule has 0 aliphatic heterocycles. The first-order chi connectivity index (χ1) is 6.63. The summed E-state index contributed by atoms with van der Waals surface area (Å²) in [7, 11) is 1.70. The van der Waals surface area contributed by atoms with Gasteiger partial charge in [0.25, 0.3) is 0 Å². The summed E-state index contributed by atoms with van der Waals surface area (Å²) >= 11 is 0. The molecule has 1 rings (SSSR count). The molecule has 0 atom stereocenters. The number of nitrogens with one attached hydrogen (secondary N) is 1. The SMILES string of the molecule is Cc1cccc(CN(C)C(=O)NN)c1. The molecule has 4 heteroatoms. The summed E-state index contributed by atoms with van der Waals surface area (Å²) in [4.78, 5) is 12.6. The van der Waals surface area contributed by atoms with Crippen molar-refractivity contribution in [2.24, 2.45) is 5.84 Å². The topological polar surface area (TPSA) is 58.4 Å². The van der Waals surface area contributed by atoms with Gasteiger partial charge in [0.15, 0.2) is 0 Å². The Hall–Kier alpha value is -1.55. The number of hydrazine groups is 1. The van der Waals surface area contributed by atoms with Gasteiger partial charge in [-0.15, -0.1) is 0 Å². The molecule has 2 amide bonds. The molecular weight excluding hydrogens is 178 g/mol. The molecule has 1 aromatic carbocycles. The third-order valence-electron chi connectivity index (χ3n) is 1.97. The minimum absolute atomic E-state index is 0.286. The average molecular weight is 193 g/mol. The molecule has 0 radical (unpaired) electrons. The maximum atomic E-state index is 11.1. The van der Waals surface area contributed by atoms with E-state index in [0.29, 0.717) is 6.54 Å². The van der Waals surface area contributed by atoms with Gasteiger partial charge in [0, 0.05) is 13.6 Å². The number of aryl methyl sites for hydroxylation is 1. The fraction of sp³-hybridized carbons (Fsp3) is 0.300. The molecule has 0 bridgehead atoms. The highest BCUT2D eigenvalue weighted by Crippen LogP contribution is 2.06. The van der Waals surface area contributed by atoms with Gasteiger partial charge in [-0.2, -0.15) is 0 Å². The minimum Gasteiger partial charge on any atom is -0.322 e. The minimum atomic E-state index is -0.286. The summed E-state index contributed by atoms with van der Waals surface area (Å²) < 4.78 is 0. The summed E-state index contributed by atoms with van der Waals surface area (Å²) in [5.41, 5.74) is 4.36. The Bertz CT molecular complexity index is 325. The van der Waals surface area contributed by atoms with Crippen LogP contribution in [0.25, 0.3) is 0 Å². The van der Waals surface area contributed by atoms with E-state index in [4.69, 9.17) is 5.84 Å². The predicted molar refractivity (Wildman–Crippen MR) is 55.4 cm³/mol. The van der Waals surface area contributed by atoms with Crippen molar-refractivity contribution in [2.75, 3.05) is 7.05 Å². The fourth-order valence-corrected chi connectivity index (χ4v) is 1.27. The van der Waals surface area contributed by atoms with E-state index in [0.717, 1.165) is 5.56 Å². The van der Waals surface area contributed by atoms with E-state index in [1.54, 1.807) is 7.05 Å². The van der Waals surface area contributed by atoms with E-state index in [1.807, 2.05) is 31.2 Å². The Morgan fingerprint density at radius 3 is 2.86 bits per heavy atom. The number of amides is 2. The molecule has 0 fully saturated rings. The van der Waals surface area contributed by atoms with Crippen LogP contribution in [-0.2, 0) is 6.54 Å². The number of nitrogens with two attached hydrogens (primary N) is 1. The second kappa shape index (κ2) is 4.62. The van der Waals surface area contributed by atoms with Gasteiger partial charge >= 0.3 is 6.03 Å². The maximum absolute atomic E-state index is 11.1. The van der Waals surface area contributed by atoms with E-state index in [9.17, 15) is 4.79 Å². The number of hydrogen-bond acceptors (Lipinski definition) is 2.